The smallest absolute Gasteiger partial charge is 0.247 e. The summed E-state index contributed by atoms with van der Waals surface area (Å²) in [6.45, 7) is 1.79. The minimum Gasteiger partial charge on any atom is -0.421 e. The first-order chi connectivity index (χ1) is 8.83. The van der Waals surface area contributed by atoms with Gasteiger partial charge in [-0.1, -0.05) is 42.5 Å². The molecule has 0 N–H and O–H groups in total. The summed E-state index contributed by atoms with van der Waals surface area (Å²) in [5, 5.41) is 7.88. The van der Waals surface area contributed by atoms with Crippen LogP contribution in [-0.2, 0) is 0 Å². The van der Waals surface area contributed by atoms with Crippen LogP contribution in [0, 0.1) is 6.92 Å². The van der Waals surface area contributed by atoms with Crippen molar-refractivity contribution < 1.29 is 4.42 Å². The second-order valence-corrected chi connectivity index (χ2v) is 4.07. The number of aryl methyl sites for hydroxylation is 1. The first-order valence-corrected chi connectivity index (χ1v) is 5.79. The maximum absolute atomic E-state index is 5.44. The lowest BCUT2D eigenvalue weighted by molar-refractivity contribution is 0.533. The molecular formula is C15H12N2O. The Morgan fingerprint density at radius 3 is 2.22 bits per heavy atom. The summed E-state index contributed by atoms with van der Waals surface area (Å²) in [6, 6.07) is 18.3. The van der Waals surface area contributed by atoms with E-state index in [2.05, 4.69) is 34.5 Å². The average Bonchev–Trinajstić information content (AvgIpc) is 2.87. The third kappa shape index (κ3) is 2.02. The van der Waals surface area contributed by atoms with Crippen LogP contribution in [0.15, 0.2) is 59.0 Å². The molecule has 1 heterocycles. The van der Waals surface area contributed by atoms with Gasteiger partial charge in [-0.2, -0.15) is 0 Å². The van der Waals surface area contributed by atoms with E-state index in [1.165, 1.54) is 5.56 Å². The summed E-state index contributed by atoms with van der Waals surface area (Å²) in [4.78, 5) is 0. The van der Waals surface area contributed by atoms with E-state index < -0.39 is 0 Å². The lowest BCUT2D eigenvalue weighted by Gasteiger charge is -2.02. The quantitative estimate of drug-likeness (QED) is 0.680. The van der Waals surface area contributed by atoms with Gasteiger partial charge in [0.05, 0.1) is 0 Å². The van der Waals surface area contributed by atoms with Crippen molar-refractivity contribution in [3.8, 4) is 22.6 Å². The third-order valence-corrected chi connectivity index (χ3v) is 2.74. The molecule has 0 fully saturated rings. The number of nitrogens with zero attached hydrogens (tertiary/aromatic N) is 2. The van der Waals surface area contributed by atoms with E-state index >= 15 is 0 Å². The van der Waals surface area contributed by atoms with Crippen LogP contribution in [0.4, 0.5) is 0 Å². The third-order valence-electron chi connectivity index (χ3n) is 2.74. The Balaban J connectivity index is 2.05. The van der Waals surface area contributed by atoms with Crippen molar-refractivity contribution in [1.82, 2.24) is 10.2 Å². The van der Waals surface area contributed by atoms with E-state index in [0.717, 1.165) is 11.1 Å². The molecule has 88 valence electrons. The van der Waals surface area contributed by atoms with Crippen LogP contribution >= 0.6 is 0 Å². The van der Waals surface area contributed by atoms with E-state index in [9.17, 15) is 0 Å². The van der Waals surface area contributed by atoms with Crippen molar-refractivity contribution in [2.75, 3.05) is 0 Å². The highest BCUT2D eigenvalue weighted by Crippen LogP contribution is 2.25. The SMILES string of the molecule is Cc1nnc(-c2cccc(-c3ccccc3)c2)o1. The molecule has 0 radical (unpaired) electrons. The molecule has 0 aliphatic rings. The molecule has 0 aliphatic heterocycles. The Labute approximate surface area is 105 Å². The standard InChI is InChI=1S/C15H12N2O/c1-11-16-17-15(18-11)14-9-5-8-13(10-14)12-6-3-2-4-7-12/h2-10H,1H3. The highest BCUT2D eigenvalue weighted by atomic mass is 16.4. The highest BCUT2D eigenvalue weighted by Gasteiger charge is 2.06. The predicted octanol–water partition coefficient (Wildman–Crippen LogP) is 3.71. The molecule has 0 unspecified atom stereocenters. The molecule has 3 rings (SSSR count). The van der Waals surface area contributed by atoms with Gasteiger partial charge in [-0.3, -0.25) is 0 Å². The summed E-state index contributed by atoms with van der Waals surface area (Å²) >= 11 is 0. The molecule has 0 aliphatic carbocycles. The Morgan fingerprint density at radius 1 is 0.778 bits per heavy atom. The van der Waals surface area contributed by atoms with Crippen molar-refractivity contribution in [2.24, 2.45) is 0 Å². The van der Waals surface area contributed by atoms with Crippen LogP contribution in [0.1, 0.15) is 5.89 Å². The largest absolute Gasteiger partial charge is 0.421 e. The predicted molar refractivity (Wildman–Crippen MR) is 69.9 cm³/mol. The summed E-state index contributed by atoms with van der Waals surface area (Å²) in [5.41, 5.74) is 3.26. The highest BCUT2D eigenvalue weighted by molar-refractivity contribution is 5.69. The molecule has 1 aromatic heterocycles. The van der Waals surface area contributed by atoms with Gasteiger partial charge in [-0.15, -0.1) is 10.2 Å². The van der Waals surface area contributed by atoms with Gasteiger partial charge in [0.15, 0.2) is 0 Å². The maximum Gasteiger partial charge on any atom is 0.247 e. The Bertz CT molecular complexity index is 659. The molecule has 0 saturated carbocycles. The molecule has 0 saturated heterocycles. The molecule has 3 nitrogen and oxygen atoms in total. The second kappa shape index (κ2) is 4.45. The van der Waals surface area contributed by atoms with E-state index in [0.29, 0.717) is 11.8 Å². The van der Waals surface area contributed by atoms with Crippen LogP contribution < -0.4 is 0 Å². The fraction of sp³-hybridized carbons (Fsp3) is 0.0667. The van der Waals surface area contributed by atoms with Crippen LogP contribution in [-0.4, -0.2) is 10.2 Å². The number of rotatable bonds is 2. The molecule has 0 spiro atoms. The molecule has 0 bridgehead atoms. The van der Waals surface area contributed by atoms with E-state index in [4.69, 9.17) is 4.42 Å². The minimum absolute atomic E-state index is 0.560. The van der Waals surface area contributed by atoms with E-state index in [1.807, 2.05) is 30.3 Å². The topological polar surface area (TPSA) is 38.9 Å². The Kier molecular flexibility index (Phi) is 2.65. The zero-order chi connectivity index (χ0) is 12.4. The molecule has 0 atom stereocenters. The molecule has 3 heteroatoms. The average molecular weight is 236 g/mol. The van der Waals surface area contributed by atoms with E-state index in [1.54, 1.807) is 6.92 Å². The van der Waals surface area contributed by atoms with Gasteiger partial charge in [-0.05, 0) is 23.3 Å². The number of benzene rings is 2. The van der Waals surface area contributed by atoms with Crippen molar-refractivity contribution >= 4 is 0 Å². The van der Waals surface area contributed by atoms with Gasteiger partial charge in [0, 0.05) is 12.5 Å². The molecule has 18 heavy (non-hydrogen) atoms. The zero-order valence-corrected chi connectivity index (χ0v) is 10.00. The zero-order valence-electron chi connectivity index (χ0n) is 10.00. The maximum atomic E-state index is 5.44. The first-order valence-electron chi connectivity index (χ1n) is 5.79. The summed E-state index contributed by atoms with van der Waals surface area (Å²) in [7, 11) is 0. The second-order valence-electron chi connectivity index (χ2n) is 4.07. The lowest BCUT2D eigenvalue weighted by atomic mass is 10.0. The van der Waals surface area contributed by atoms with Crippen LogP contribution in [0.3, 0.4) is 0 Å². The molecule has 2 aromatic carbocycles. The Morgan fingerprint density at radius 2 is 1.50 bits per heavy atom. The van der Waals surface area contributed by atoms with Gasteiger partial charge in [0.1, 0.15) is 0 Å². The first kappa shape index (κ1) is 10.7. The van der Waals surface area contributed by atoms with Gasteiger partial charge in [0.25, 0.3) is 0 Å². The fourth-order valence-corrected chi connectivity index (χ4v) is 1.88. The van der Waals surface area contributed by atoms with Crippen LogP contribution in [0.5, 0.6) is 0 Å². The molecular weight excluding hydrogens is 224 g/mol. The van der Waals surface area contributed by atoms with E-state index in [-0.39, 0.29) is 0 Å². The summed E-state index contributed by atoms with van der Waals surface area (Å²) < 4.78 is 5.44. The number of hydrogen-bond donors (Lipinski definition) is 0. The van der Waals surface area contributed by atoms with Crippen LogP contribution in [0.25, 0.3) is 22.6 Å². The Hall–Kier alpha value is -2.42. The molecule has 3 aromatic rings. The monoisotopic (exact) mass is 236 g/mol. The van der Waals surface area contributed by atoms with Crippen molar-refractivity contribution in [2.45, 2.75) is 6.92 Å². The van der Waals surface area contributed by atoms with Crippen molar-refractivity contribution in [3.05, 3.63) is 60.5 Å². The van der Waals surface area contributed by atoms with Gasteiger partial charge in [-0.25, -0.2) is 0 Å². The lowest BCUT2D eigenvalue weighted by Crippen LogP contribution is -1.81. The van der Waals surface area contributed by atoms with Gasteiger partial charge in [0.2, 0.25) is 11.8 Å². The normalized spacial score (nSPS) is 10.5. The van der Waals surface area contributed by atoms with Crippen molar-refractivity contribution in [3.63, 3.8) is 0 Å². The summed E-state index contributed by atoms with van der Waals surface area (Å²) in [6.07, 6.45) is 0. The number of aromatic nitrogens is 2. The van der Waals surface area contributed by atoms with Gasteiger partial charge >= 0.3 is 0 Å². The van der Waals surface area contributed by atoms with Gasteiger partial charge < -0.3 is 4.42 Å². The summed E-state index contributed by atoms with van der Waals surface area (Å²) in [5.74, 6) is 1.14. The van der Waals surface area contributed by atoms with Crippen molar-refractivity contribution in [1.29, 1.82) is 0 Å². The minimum atomic E-state index is 0.560. The van der Waals surface area contributed by atoms with Crippen LogP contribution in [0.2, 0.25) is 0 Å². The molecule has 0 amide bonds. The number of hydrogen-bond acceptors (Lipinski definition) is 3. The fourth-order valence-electron chi connectivity index (χ4n) is 1.88.